The van der Waals surface area contributed by atoms with Gasteiger partial charge >= 0.3 is 0 Å². The fourth-order valence-electron chi connectivity index (χ4n) is 3.66. The lowest BCUT2D eigenvalue weighted by Crippen LogP contribution is -2.38. The summed E-state index contributed by atoms with van der Waals surface area (Å²) in [5.41, 5.74) is 2.63. The molecule has 1 aromatic heterocycles. The molecule has 2 aliphatic rings. The maximum absolute atomic E-state index is 10.1. The van der Waals surface area contributed by atoms with Crippen LogP contribution in [0.5, 0.6) is 0 Å². The van der Waals surface area contributed by atoms with Gasteiger partial charge in [0, 0.05) is 36.8 Å². The van der Waals surface area contributed by atoms with Crippen LogP contribution in [0.3, 0.4) is 0 Å². The molecule has 1 saturated carbocycles. The van der Waals surface area contributed by atoms with Crippen molar-refractivity contribution >= 4 is 11.9 Å². The molecule has 0 radical (unpaired) electrons. The van der Waals surface area contributed by atoms with Gasteiger partial charge in [-0.05, 0) is 58.6 Å². The zero-order valence-electron chi connectivity index (χ0n) is 15.7. The third-order valence-corrected chi connectivity index (χ3v) is 5.25. The standard InChI is InChI=1S/C20H29N3O2/c1-14-17(9-10-19(22-14)20(2,3)24)18-13-23(12-11-21-18)15-5-7-16(25-4)8-6-15/h9-11,13,15-16,24H,5-8,12H2,1-4H3/t15-,16-. The average molecular weight is 343 g/mol. The van der Waals surface area contributed by atoms with Gasteiger partial charge in [0.05, 0.1) is 24.0 Å². The van der Waals surface area contributed by atoms with E-state index in [1.165, 1.54) is 0 Å². The third-order valence-electron chi connectivity index (χ3n) is 5.25. The van der Waals surface area contributed by atoms with E-state index in [9.17, 15) is 5.11 Å². The van der Waals surface area contributed by atoms with Gasteiger partial charge in [-0.3, -0.25) is 9.98 Å². The fraction of sp³-hybridized carbons (Fsp3) is 0.600. The van der Waals surface area contributed by atoms with Crippen molar-refractivity contribution in [2.24, 2.45) is 4.99 Å². The van der Waals surface area contributed by atoms with Crippen LogP contribution < -0.4 is 0 Å². The highest BCUT2D eigenvalue weighted by molar-refractivity contribution is 5.78. The van der Waals surface area contributed by atoms with Crippen molar-refractivity contribution in [1.29, 1.82) is 0 Å². The fourth-order valence-corrected chi connectivity index (χ4v) is 3.66. The molecule has 0 aromatic carbocycles. The number of aromatic nitrogens is 1. The quantitative estimate of drug-likeness (QED) is 0.912. The first-order valence-electron chi connectivity index (χ1n) is 9.12. The summed E-state index contributed by atoms with van der Waals surface area (Å²) < 4.78 is 5.48. The topological polar surface area (TPSA) is 58.0 Å². The Morgan fingerprint density at radius 1 is 1.20 bits per heavy atom. The first kappa shape index (κ1) is 18.1. The molecule has 0 atom stereocenters. The Balaban J connectivity index is 1.78. The molecule has 2 heterocycles. The summed E-state index contributed by atoms with van der Waals surface area (Å²) in [7, 11) is 1.81. The van der Waals surface area contributed by atoms with Crippen LogP contribution in [-0.2, 0) is 10.3 Å². The van der Waals surface area contributed by atoms with Gasteiger partial charge in [-0.25, -0.2) is 0 Å². The number of aliphatic hydroxyl groups is 1. The molecule has 5 heteroatoms. The second kappa shape index (κ2) is 7.26. The van der Waals surface area contributed by atoms with E-state index >= 15 is 0 Å². The van der Waals surface area contributed by atoms with Crippen molar-refractivity contribution in [1.82, 2.24) is 9.88 Å². The number of methoxy groups -OCH3 is 1. The van der Waals surface area contributed by atoms with E-state index in [0.29, 0.717) is 17.8 Å². The largest absolute Gasteiger partial charge is 0.384 e. The van der Waals surface area contributed by atoms with Crippen LogP contribution in [0.25, 0.3) is 5.70 Å². The summed E-state index contributed by atoms with van der Waals surface area (Å²) >= 11 is 0. The first-order chi connectivity index (χ1) is 11.9. The molecular weight excluding hydrogens is 314 g/mol. The van der Waals surface area contributed by atoms with Crippen LogP contribution in [0.4, 0.5) is 0 Å². The monoisotopic (exact) mass is 343 g/mol. The van der Waals surface area contributed by atoms with Crippen LogP contribution in [0, 0.1) is 6.92 Å². The van der Waals surface area contributed by atoms with Gasteiger partial charge in [-0.1, -0.05) is 0 Å². The summed E-state index contributed by atoms with van der Waals surface area (Å²) in [5.74, 6) is 0. The summed E-state index contributed by atoms with van der Waals surface area (Å²) in [6.07, 6.45) is 9.14. The molecule has 0 amide bonds. The Morgan fingerprint density at radius 3 is 2.52 bits per heavy atom. The van der Waals surface area contributed by atoms with Crippen LogP contribution in [-0.4, -0.2) is 47.0 Å². The molecule has 0 bridgehead atoms. The predicted octanol–water partition coefficient (Wildman–Crippen LogP) is 3.26. The van der Waals surface area contributed by atoms with Gasteiger partial charge in [0.2, 0.25) is 0 Å². The molecule has 5 nitrogen and oxygen atoms in total. The molecule has 3 rings (SSSR count). The zero-order chi connectivity index (χ0) is 18.0. The lowest BCUT2D eigenvalue weighted by Gasteiger charge is -2.36. The average Bonchev–Trinajstić information content (AvgIpc) is 2.61. The number of pyridine rings is 1. The number of nitrogens with zero attached hydrogens (tertiary/aromatic N) is 3. The molecular formula is C20H29N3O2. The van der Waals surface area contributed by atoms with E-state index < -0.39 is 5.60 Å². The first-order valence-corrected chi connectivity index (χ1v) is 9.12. The number of hydrogen-bond acceptors (Lipinski definition) is 5. The molecule has 0 unspecified atom stereocenters. The predicted molar refractivity (Wildman–Crippen MR) is 100 cm³/mol. The SMILES string of the molecule is CO[C@H]1CC[C@H](N2C=C(c3ccc(C(C)(C)O)nc3C)N=CC2)CC1. The number of aliphatic imine (C=N–C) groups is 1. The summed E-state index contributed by atoms with van der Waals surface area (Å²) in [6.45, 7) is 6.35. The van der Waals surface area contributed by atoms with Crippen LogP contribution in [0.2, 0.25) is 0 Å². The van der Waals surface area contributed by atoms with Gasteiger partial charge in [0.25, 0.3) is 0 Å². The Hall–Kier alpha value is -1.72. The second-order valence-electron chi connectivity index (χ2n) is 7.58. The maximum Gasteiger partial charge on any atom is 0.101 e. The summed E-state index contributed by atoms with van der Waals surface area (Å²) in [6, 6.07) is 4.46. The number of ether oxygens (including phenoxy) is 1. The molecule has 1 aliphatic heterocycles. The smallest absolute Gasteiger partial charge is 0.101 e. The minimum atomic E-state index is -0.931. The normalized spacial score (nSPS) is 24.4. The molecule has 25 heavy (non-hydrogen) atoms. The van der Waals surface area contributed by atoms with E-state index in [0.717, 1.165) is 49.2 Å². The Kier molecular flexibility index (Phi) is 5.25. The molecule has 1 fully saturated rings. The highest BCUT2D eigenvalue weighted by Crippen LogP contribution is 2.29. The van der Waals surface area contributed by atoms with Crippen LogP contribution >= 0.6 is 0 Å². The van der Waals surface area contributed by atoms with Crippen LogP contribution in [0.1, 0.15) is 56.5 Å². The summed E-state index contributed by atoms with van der Waals surface area (Å²) in [5, 5.41) is 10.1. The zero-order valence-corrected chi connectivity index (χ0v) is 15.7. The molecule has 1 aliphatic carbocycles. The molecule has 0 spiro atoms. The number of aryl methyl sites for hydroxylation is 1. The maximum atomic E-state index is 10.1. The van der Waals surface area contributed by atoms with Gasteiger partial charge in [0.15, 0.2) is 0 Å². The molecule has 1 N–H and O–H groups in total. The van der Waals surface area contributed by atoms with Gasteiger partial charge in [-0.2, -0.15) is 0 Å². The Morgan fingerprint density at radius 2 is 1.92 bits per heavy atom. The highest BCUT2D eigenvalue weighted by Gasteiger charge is 2.26. The van der Waals surface area contributed by atoms with Gasteiger partial charge in [0.1, 0.15) is 5.60 Å². The van der Waals surface area contributed by atoms with E-state index in [2.05, 4.69) is 21.1 Å². The number of rotatable bonds is 4. The van der Waals surface area contributed by atoms with E-state index in [-0.39, 0.29) is 0 Å². The number of hydrogen-bond donors (Lipinski definition) is 1. The van der Waals surface area contributed by atoms with Crippen molar-refractivity contribution in [2.45, 2.75) is 64.2 Å². The highest BCUT2D eigenvalue weighted by atomic mass is 16.5. The minimum absolute atomic E-state index is 0.416. The van der Waals surface area contributed by atoms with Crippen LogP contribution in [0.15, 0.2) is 23.3 Å². The Labute approximate surface area is 150 Å². The van der Waals surface area contributed by atoms with E-state index in [4.69, 9.17) is 4.74 Å². The molecule has 136 valence electrons. The van der Waals surface area contributed by atoms with E-state index in [1.807, 2.05) is 32.4 Å². The molecule has 1 aromatic rings. The van der Waals surface area contributed by atoms with Crippen molar-refractivity contribution in [3.05, 3.63) is 35.3 Å². The lowest BCUT2D eigenvalue weighted by atomic mass is 9.91. The third kappa shape index (κ3) is 4.10. The minimum Gasteiger partial charge on any atom is -0.384 e. The lowest BCUT2D eigenvalue weighted by molar-refractivity contribution is 0.0501. The van der Waals surface area contributed by atoms with Gasteiger partial charge < -0.3 is 14.7 Å². The van der Waals surface area contributed by atoms with Crippen molar-refractivity contribution in [2.75, 3.05) is 13.7 Å². The van der Waals surface area contributed by atoms with Crippen molar-refractivity contribution < 1.29 is 9.84 Å². The van der Waals surface area contributed by atoms with E-state index in [1.54, 1.807) is 13.8 Å². The van der Waals surface area contributed by atoms with Crippen molar-refractivity contribution in [3.8, 4) is 0 Å². The molecule has 0 saturated heterocycles. The Bertz CT molecular complexity index is 668. The second-order valence-corrected chi connectivity index (χ2v) is 7.58. The van der Waals surface area contributed by atoms with Gasteiger partial charge in [-0.15, -0.1) is 0 Å². The summed E-state index contributed by atoms with van der Waals surface area (Å²) in [4.78, 5) is 11.6. The van der Waals surface area contributed by atoms with Crippen molar-refractivity contribution in [3.63, 3.8) is 0 Å².